The van der Waals surface area contributed by atoms with E-state index >= 15 is 0 Å². The van der Waals surface area contributed by atoms with Gasteiger partial charge in [0.25, 0.3) is 5.91 Å². The molecular formula is C19H24N4O2. The molecular weight excluding hydrogens is 316 g/mol. The van der Waals surface area contributed by atoms with Crippen molar-refractivity contribution in [1.29, 1.82) is 0 Å². The number of benzene rings is 1. The third-order valence-corrected chi connectivity index (χ3v) is 5.32. The predicted molar refractivity (Wildman–Crippen MR) is 95.0 cm³/mol. The Morgan fingerprint density at radius 2 is 2.20 bits per heavy atom. The highest BCUT2D eigenvalue weighted by Gasteiger charge is 2.29. The molecule has 1 saturated heterocycles. The van der Waals surface area contributed by atoms with Crippen LogP contribution in [0.1, 0.15) is 33.7 Å². The highest BCUT2D eigenvalue weighted by molar-refractivity contribution is 5.94. The Balaban J connectivity index is 1.59. The van der Waals surface area contributed by atoms with Crippen LogP contribution in [0, 0.1) is 12.8 Å². The minimum Gasteiger partial charge on any atom is -0.391 e. The first kappa shape index (κ1) is 16.3. The Morgan fingerprint density at radius 1 is 1.36 bits per heavy atom. The van der Waals surface area contributed by atoms with Crippen LogP contribution >= 0.6 is 0 Å². The van der Waals surface area contributed by atoms with E-state index in [1.54, 1.807) is 0 Å². The zero-order valence-electron chi connectivity index (χ0n) is 14.5. The van der Waals surface area contributed by atoms with Crippen molar-refractivity contribution >= 4 is 5.91 Å². The Labute approximate surface area is 147 Å². The van der Waals surface area contributed by atoms with E-state index in [-0.39, 0.29) is 11.8 Å². The summed E-state index contributed by atoms with van der Waals surface area (Å²) in [5.74, 6) is -0.0694. The molecule has 0 radical (unpaired) electrons. The van der Waals surface area contributed by atoms with E-state index in [2.05, 4.69) is 28.7 Å². The van der Waals surface area contributed by atoms with Gasteiger partial charge in [0.1, 0.15) is 0 Å². The predicted octanol–water partition coefficient (Wildman–Crippen LogP) is 0.980. The van der Waals surface area contributed by atoms with Crippen LogP contribution < -0.4 is 10.6 Å². The number of hydrogen-bond donors (Lipinski definition) is 3. The molecule has 25 heavy (non-hydrogen) atoms. The second-order valence-corrected chi connectivity index (χ2v) is 7.02. The zero-order valence-corrected chi connectivity index (χ0v) is 14.5. The molecule has 1 fully saturated rings. The number of aliphatic hydroxyl groups is 1. The lowest BCUT2D eigenvalue weighted by atomic mass is 10.1. The first-order valence-electron chi connectivity index (χ1n) is 8.99. The molecule has 1 aromatic heterocycles. The summed E-state index contributed by atoms with van der Waals surface area (Å²) in [6.45, 7) is 3.86. The lowest BCUT2D eigenvalue weighted by Gasteiger charge is -2.13. The van der Waals surface area contributed by atoms with Crippen molar-refractivity contribution in [2.24, 2.45) is 5.92 Å². The standard InChI is InChI=1S/C19H24N4O2/c1-12-5-2-3-7-15(12)23-16-8-4-6-14(16)18(22-23)19(25)21-10-13-9-20-11-17(13)24/h2-3,5,7,13,17,20,24H,4,6,8-11H2,1H3,(H,21,25). The molecule has 0 saturated carbocycles. The lowest BCUT2D eigenvalue weighted by Crippen LogP contribution is -2.35. The first-order chi connectivity index (χ1) is 12.1. The summed E-state index contributed by atoms with van der Waals surface area (Å²) in [5, 5.41) is 20.6. The van der Waals surface area contributed by atoms with Gasteiger partial charge in [-0.05, 0) is 37.8 Å². The molecule has 1 aromatic carbocycles. The van der Waals surface area contributed by atoms with Crippen LogP contribution in [0.2, 0.25) is 0 Å². The molecule has 6 heteroatoms. The van der Waals surface area contributed by atoms with Gasteiger partial charge < -0.3 is 15.7 Å². The van der Waals surface area contributed by atoms with Gasteiger partial charge in [-0.15, -0.1) is 0 Å². The third-order valence-electron chi connectivity index (χ3n) is 5.32. The van der Waals surface area contributed by atoms with Crippen molar-refractivity contribution in [3.63, 3.8) is 0 Å². The minimum atomic E-state index is -0.393. The molecule has 2 unspecified atom stereocenters. The average Bonchev–Trinajstić information content (AvgIpc) is 3.30. The van der Waals surface area contributed by atoms with Crippen molar-refractivity contribution in [1.82, 2.24) is 20.4 Å². The van der Waals surface area contributed by atoms with Crippen LogP contribution in [0.15, 0.2) is 24.3 Å². The number of para-hydroxylation sites is 1. The fraction of sp³-hybridized carbons (Fsp3) is 0.474. The van der Waals surface area contributed by atoms with Gasteiger partial charge in [0, 0.05) is 36.8 Å². The Bertz CT molecular complexity index is 799. The number of aliphatic hydroxyl groups excluding tert-OH is 1. The van der Waals surface area contributed by atoms with Crippen LogP contribution in [-0.4, -0.2) is 46.5 Å². The highest BCUT2D eigenvalue weighted by atomic mass is 16.3. The fourth-order valence-corrected chi connectivity index (χ4v) is 3.86. The molecule has 1 aliphatic carbocycles. The zero-order chi connectivity index (χ0) is 17.4. The van der Waals surface area contributed by atoms with E-state index in [4.69, 9.17) is 0 Å². The van der Waals surface area contributed by atoms with E-state index in [0.717, 1.165) is 48.3 Å². The van der Waals surface area contributed by atoms with Crippen LogP contribution in [0.25, 0.3) is 5.69 Å². The number of fused-ring (bicyclic) bond motifs is 1. The third kappa shape index (κ3) is 2.96. The summed E-state index contributed by atoms with van der Waals surface area (Å²) in [6, 6.07) is 8.12. The number of amides is 1. The number of nitrogens with one attached hydrogen (secondary N) is 2. The maximum atomic E-state index is 12.7. The minimum absolute atomic E-state index is 0.0652. The normalized spacial score (nSPS) is 22.2. The molecule has 2 aliphatic rings. The van der Waals surface area contributed by atoms with E-state index in [1.165, 1.54) is 0 Å². The van der Waals surface area contributed by atoms with Gasteiger partial charge in [-0.1, -0.05) is 18.2 Å². The van der Waals surface area contributed by atoms with Gasteiger partial charge in [-0.2, -0.15) is 5.10 Å². The Morgan fingerprint density at radius 3 is 2.96 bits per heavy atom. The molecule has 3 N–H and O–H groups in total. The maximum absolute atomic E-state index is 12.7. The summed E-state index contributed by atoms with van der Waals surface area (Å²) in [7, 11) is 0. The number of rotatable bonds is 4. The molecule has 0 bridgehead atoms. The molecule has 6 nitrogen and oxygen atoms in total. The smallest absolute Gasteiger partial charge is 0.272 e. The van der Waals surface area contributed by atoms with Crippen LogP contribution in [0.4, 0.5) is 0 Å². The maximum Gasteiger partial charge on any atom is 0.272 e. The van der Waals surface area contributed by atoms with E-state index in [0.29, 0.717) is 18.8 Å². The van der Waals surface area contributed by atoms with Crippen molar-refractivity contribution < 1.29 is 9.90 Å². The summed E-state index contributed by atoms with van der Waals surface area (Å²) < 4.78 is 1.94. The number of carbonyl (C=O) groups excluding carboxylic acids is 1. The van der Waals surface area contributed by atoms with Crippen LogP contribution in [0.3, 0.4) is 0 Å². The molecule has 2 atom stereocenters. The molecule has 2 aromatic rings. The quantitative estimate of drug-likeness (QED) is 0.775. The van der Waals surface area contributed by atoms with E-state index < -0.39 is 6.10 Å². The van der Waals surface area contributed by atoms with Gasteiger partial charge in [-0.3, -0.25) is 4.79 Å². The largest absolute Gasteiger partial charge is 0.391 e. The van der Waals surface area contributed by atoms with Crippen molar-refractivity contribution in [2.45, 2.75) is 32.3 Å². The number of aryl methyl sites for hydroxylation is 1. The van der Waals surface area contributed by atoms with Crippen LogP contribution in [-0.2, 0) is 12.8 Å². The van der Waals surface area contributed by atoms with E-state index in [9.17, 15) is 9.90 Å². The summed E-state index contributed by atoms with van der Waals surface area (Å²) in [5.41, 5.74) is 4.95. The first-order valence-corrected chi connectivity index (χ1v) is 8.99. The van der Waals surface area contributed by atoms with E-state index in [1.807, 2.05) is 22.9 Å². The second-order valence-electron chi connectivity index (χ2n) is 7.02. The summed E-state index contributed by atoms with van der Waals surface area (Å²) >= 11 is 0. The van der Waals surface area contributed by atoms with Gasteiger partial charge in [0.2, 0.25) is 0 Å². The summed E-state index contributed by atoms with van der Waals surface area (Å²) in [4.78, 5) is 12.7. The molecule has 2 heterocycles. The number of hydrogen-bond acceptors (Lipinski definition) is 4. The van der Waals surface area contributed by atoms with Gasteiger partial charge in [0.05, 0.1) is 11.8 Å². The Kier molecular flexibility index (Phi) is 4.31. The number of aromatic nitrogens is 2. The lowest BCUT2D eigenvalue weighted by molar-refractivity contribution is 0.0921. The molecule has 0 spiro atoms. The molecule has 1 amide bonds. The monoisotopic (exact) mass is 340 g/mol. The Hall–Kier alpha value is -2.18. The van der Waals surface area contributed by atoms with Gasteiger partial charge in [-0.25, -0.2) is 4.68 Å². The van der Waals surface area contributed by atoms with Gasteiger partial charge in [0.15, 0.2) is 5.69 Å². The average molecular weight is 340 g/mol. The topological polar surface area (TPSA) is 79.2 Å². The van der Waals surface area contributed by atoms with Crippen LogP contribution in [0.5, 0.6) is 0 Å². The molecule has 4 rings (SSSR count). The number of β-amino-alcohol motifs (C(OH)–C–C–N with tert-alkyl or cyclic N) is 1. The molecule has 132 valence electrons. The van der Waals surface area contributed by atoms with Crippen molar-refractivity contribution in [3.8, 4) is 5.69 Å². The number of carbonyl (C=O) groups is 1. The van der Waals surface area contributed by atoms with Crippen molar-refractivity contribution in [3.05, 3.63) is 46.8 Å². The van der Waals surface area contributed by atoms with Gasteiger partial charge >= 0.3 is 0 Å². The number of nitrogens with zero attached hydrogens (tertiary/aromatic N) is 2. The highest BCUT2D eigenvalue weighted by Crippen LogP contribution is 2.28. The summed E-state index contributed by atoms with van der Waals surface area (Å²) in [6.07, 6.45) is 2.52. The second kappa shape index (κ2) is 6.61. The fourth-order valence-electron chi connectivity index (χ4n) is 3.86. The SMILES string of the molecule is Cc1ccccc1-n1nc(C(=O)NCC2CNCC2O)c2c1CCC2. The molecule has 1 aliphatic heterocycles. The van der Waals surface area contributed by atoms with Crippen molar-refractivity contribution in [2.75, 3.05) is 19.6 Å².